The van der Waals surface area contributed by atoms with E-state index < -0.39 is 0 Å². The summed E-state index contributed by atoms with van der Waals surface area (Å²) >= 11 is 0. The number of carbonyl (C=O) groups excluding carboxylic acids is 1. The number of ketones is 1. The highest BCUT2D eigenvalue weighted by molar-refractivity contribution is 5.74. The molecule has 3 nitrogen and oxygen atoms in total. The summed E-state index contributed by atoms with van der Waals surface area (Å²) in [6, 6.07) is 1.75. The predicted molar refractivity (Wildman–Crippen MR) is 52.3 cm³/mol. The molecule has 0 unspecified atom stereocenters. The number of carbonyl (C=O) groups is 1. The van der Waals surface area contributed by atoms with Crippen molar-refractivity contribution >= 4 is 5.78 Å². The van der Waals surface area contributed by atoms with Gasteiger partial charge in [0.1, 0.15) is 5.78 Å². The Kier molecular flexibility index (Phi) is 15.4. The Morgan fingerprint density at radius 2 is 1.77 bits per heavy atom. The lowest BCUT2D eigenvalue weighted by Gasteiger charge is -1.76. The van der Waals surface area contributed by atoms with Crippen LogP contribution in [-0.4, -0.2) is 19.0 Å². The molecule has 1 aliphatic rings. The van der Waals surface area contributed by atoms with E-state index in [1.54, 1.807) is 13.0 Å². The van der Waals surface area contributed by atoms with E-state index in [4.69, 9.17) is 10.00 Å². The molecule has 0 aromatic rings. The van der Waals surface area contributed by atoms with Crippen molar-refractivity contribution in [3.05, 3.63) is 0 Å². The highest BCUT2D eigenvalue weighted by Crippen LogP contribution is 1.98. The standard InChI is InChI=1S/2C4H8O.C2H3N/c1-2-4-5-3-1;1-3-4(2)5;1-2-3/h1-4H2;3H2,1-2H3;1H3. The third kappa shape index (κ3) is 24.7. The van der Waals surface area contributed by atoms with Gasteiger partial charge in [-0.15, -0.1) is 0 Å². The van der Waals surface area contributed by atoms with Crippen LogP contribution in [0.4, 0.5) is 0 Å². The van der Waals surface area contributed by atoms with E-state index in [-0.39, 0.29) is 5.78 Å². The molecule has 1 aliphatic heterocycles. The number of nitrogens with zero attached hydrogens (tertiary/aromatic N) is 1. The maximum absolute atomic E-state index is 9.81. The van der Waals surface area contributed by atoms with Crippen molar-refractivity contribution in [2.24, 2.45) is 0 Å². The topological polar surface area (TPSA) is 50.1 Å². The van der Waals surface area contributed by atoms with Gasteiger partial charge >= 0.3 is 0 Å². The third-order valence-electron chi connectivity index (χ3n) is 1.33. The number of Topliss-reactive ketones (excluding diaryl/α,β-unsaturated/α-hetero) is 1. The highest BCUT2D eigenvalue weighted by Gasteiger charge is 1.94. The fourth-order valence-electron chi connectivity index (χ4n) is 0.510. The van der Waals surface area contributed by atoms with E-state index in [1.807, 2.05) is 6.92 Å². The normalized spacial score (nSPS) is 12.8. The summed E-state index contributed by atoms with van der Waals surface area (Å²) in [4.78, 5) is 9.81. The fourth-order valence-corrected chi connectivity index (χ4v) is 0.510. The highest BCUT2D eigenvalue weighted by atomic mass is 16.5. The van der Waals surface area contributed by atoms with E-state index in [0.29, 0.717) is 6.42 Å². The van der Waals surface area contributed by atoms with E-state index >= 15 is 0 Å². The zero-order valence-electron chi connectivity index (χ0n) is 8.80. The first-order valence-electron chi connectivity index (χ1n) is 4.57. The second-order valence-electron chi connectivity index (χ2n) is 2.60. The SMILES string of the molecule is C1CCOC1.CC#N.CCC(C)=O. The van der Waals surface area contributed by atoms with Crippen molar-refractivity contribution in [2.75, 3.05) is 13.2 Å². The summed E-state index contributed by atoms with van der Waals surface area (Å²) in [5.74, 6) is 0.255. The molecule has 1 fully saturated rings. The van der Waals surface area contributed by atoms with E-state index in [9.17, 15) is 4.79 Å². The van der Waals surface area contributed by atoms with Gasteiger partial charge in [0.2, 0.25) is 0 Å². The second kappa shape index (κ2) is 13.7. The molecule has 0 saturated carbocycles. The molecule has 76 valence electrons. The Labute approximate surface area is 80.7 Å². The molecule has 0 radical (unpaired) electrons. The van der Waals surface area contributed by atoms with Crippen LogP contribution in [0, 0.1) is 11.3 Å². The van der Waals surface area contributed by atoms with Crippen molar-refractivity contribution in [3.63, 3.8) is 0 Å². The minimum atomic E-state index is 0.255. The maximum Gasteiger partial charge on any atom is 0.129 e. The van der Waals surface area contributed by atoms with Crippen LogP contribution in [0.25, 0.3) is 0 Å². The van der Waals surface area contributed by atoms with Gasteiger partial charge in [0.05, 0.1) is 6.07 Å². The van der Waals surface area contributed by atoms with Gasteiger partial charge in [0.15, 0.2) is 0 Å². The number of ether oxygens (including phenoxy) is 1. The summed E-state index contributed by atoms with van der Waals surface area (Å²) in [6.07, 6.45) is 3.22. The zero-order valence-corrected chi connectivity index (χ0v) is 8.80. The number of rotatable bonds is 1. The Bertz CT molecular complexity index is 138. The quantitative estimate of drug-likeness (QED) is 0.630. The van der Waals surface area contributed by atoms with Crippen molar-refractivity contribution < 1.29 is 9.53 Å². The Hall–Kier alpha value is -0.880. The summed E-state index contributed by atoms with van der Waals surface area (Å²) in [6.45, 7) is 6.86. The van der Waals surface area contributed by atoms with Crippen LogP contribution in [0.1, 0.15) is 40.0 Å². The van der Waals surface area contributed by atoms with Crippen molar-refractivity contribution in [3.8, 4) is 6.07 Å². The lowest BCUT2D eigenvalue weighted by Crippen LogP contribution is -1.80. The van der Waals surface area contributed by atoms with Crippen LogP contribution in [-0.2, 0) is 9.53 Å². The first kappa shape index (κ1) is 14.6. The minimum Gasteiger partial charge on any atom is -0.381 e. The van der Waals surface area contributed by atoms with Gasteiger partial charge in [-0.05, 0) is 19.8 Å². The first-order chi connectivity index (χ1) is 6.18. The lowest BCUT2D eigenvalue weighted by atomic mass is 10.4. The molecule has 0 atom stereocenters. The van der Waals surface area contributed by atoms with Gasteiger partial charge in [0, 0.05) is 26.6 Å². The van der Waals surface area contributed by atoms with Crippen LogP contribution >= 0.6 is 0 Å². The molecule has 0 amide bonds. The number of hydrogen-bond acceptors (Lipinski definition) is 3. The van der Waals surface area contributed by atoms with E-state index in [1.165, 1.54) is 19.8 Å². The summed E-state index contributed by atoms with van der Waals surface area (Å²) in [5, 5.41) is 7.32. The fraction of sp³-hybridized carbons (Fsp3) is 0.800. The van der Waals surface area contributed by atoms with Gasteiger partial charge in [0.25, 0.3) is 0 Å². The zero-order chi connectivity index (χ0) is 10.5. The molecule has 1 rings (SSSR count). The molecular formula is C10H19NO2. The third-order valence-corrected chi connectivity index (χ3v) is 1.33. The van der Waals surface area contributed by atoms with Crippen LogP contribution in [0.3, 0.4) is 0 Å². The average Bonchev–Trinajstić information content (AvgIpc) is 2.62. The molecule has 13 heavy (non-hydrogen) atoms. The van der Waals surface area contributed by atoms with Gasteiger partial charge in [-0.1, -0.05) is 6.92 Å². The van der Waals surface area contributed by atoms with E-state index in [0.717, 1.165) is 13.2 Å². The van der Waals surface area contributed by atoms with Crippen molar-refractivity contribution in [2.45, 2.75) is 40.0 Å². The van der Waals surface area contributed by atoms with Crippen LogP contribution in [0.2, 0.25) is 0 Å². The van der Waals surface area contributed by atoms with Crippen LogP contribution in [0.15, 0.2) is 0 Å². The van der Waals surface area contributed by atoms with Crippen LogP contribution in [0.5, 0.6) is 0 Å². The maximum atomic E-state index is 9.81. The summed E-state index contributed by atoms with van der Waals surface area (Å²) in [5.41, 5.74) is 0. The van der Waals surface area contributed by atoms with Gasteiger partial charge in [-0.25, -0.2) is 0 Å². The molecule has 0 bridgehead atoms. The molecule has 0 aliphatic carbocycles. The molecule has 0 spiro atoms. The Balaban J connectivity index is 0. The first-order valence-corrected chi connectivity index (χ1v) is 4.57. The second-order valence-corrected chi connectivity index (χ2v) is 2.60. The lowest BCUT2D eigenvalue weighted by molar-refractivity contribution is -0.116. The monoisotopic (exact) mass is 185 g/mol. The smallest absolute Gasteiger partial charge is 0.129 e. The molecule has 1 heterocycles. The van der Waals surface area contributed by atoms with Crippen molar-refractivity contribution in [1.82, 2.24) is 0 Å². The van der Waals surface area contributed by atoms with Gasteiger partial charge < -0.3 is 9.53 Å². The molecular weight excluding hydrogens is 166 g/mol. The summed E-state index contributed by atoms with van der Waals surface area (Å²) < 4.78 is 4.94. The van der Waals surface area contributed by atoms with E-state index in [2.05, 4.69) is 0 Å². The van der Waals surface area contributed by atoms with Gasteiger partial charge in [-0.3, -0.25) is 0 Å². The van der Waals surface area contributed by atoms with Crippen molar-refractivity contribution in [1.29, 1.82) is 5.26 Å². The molecule has 3 heteroatoms. The summed E-state index contributed by atoms with van der Waals surface area (Å²) in [7, 11) is 0. The molecule has 1 saturated heterocycles. The molecule has 0 aromatic carbocycles. The largest absolute Gasteiger partial charge is 0.381 e. The average molecular weight is 185 g/mol. The van der Waals surface area contributed by atoms with Crippen LogP contribution < -0.4 is 0 Å². The van der Waals surface area contributed by atoms with Gasteiger partial charge in [-0.2, -0.15) is 5.26 Å². The predicted octanol–water partition coefficient (Wildman–Crippen LogP) is 2.31. The number of hydrogen-bond donors (Lipinski definition) is 0. The Morgan fingerprint density at radius 3 is 1.85 bits per heavy atom. The molecule has 0 aromatic heterocycles. The Morgan fingerprint density at radius 1 is 1.46 bits per heavy atom. The minimum absolute atomic E-state index is 0.255. The molecule has 0 N–H and O–H groups in total. The number of nitriles is 1.